The standard InChI is InChI=1S/C17H15ClF4N2O4/c1-24(2)7-8(15(25)17(20,21)22)14-12(16(26)27-3)13(23-28-14)11-9(18)5-4-6-10(11)19/h4-6,8H,7H2,1-3H3. The number of rotatable bonds is 6. The van der Waals surface area contributed by atoms with Crippen molar-refractivity contribution in [1.82, 2.24) is 10.1 Å². The van der Waals surface area contributed by atoms with E-state index in [4.69, 9.17) is 16.1 Å². The van der Waals surface area contributed by atoms with Crippen LogP contribution in [0.15, 0.2) is 22.7 Å². The number of Topliss-reactive ketones (excluding diaryl/α,β-unsaturated/α-hetero) is 1. The molecule has 6 nitrogen and oxygen atoms in total. The number of likely N-dealkylation sites (N-methyl/N-ethyl adjacent to an activating group) is 1. The number of alkyl halides is 3. The third-order valence-electron chi connectivity index (χ3n) is 3.77. The largest absolute Gasteiger partial charge is 0.465 e. The monoisotopic (exact) mass is 422 g/mol. The lowest BCUT2D eigenvalue weighted by molar-refractivity contribution is -0.173. The van der Waals surface area contributed by atoms with Crippen LogP contribution in [0.5, 0.6) is 0 Å². The highest BCUT2D eigenvalue weighted by Gasteiger charge is 2.47. The summed E-state index contributed by atoms with van der Waals surface area (Å²) >= 11 is 5.96. The van der Waals surface area contributed by atoms with Gasteiger partial charge in [-0.2, -0.15) is 13.2 Å². The van der Waals surface area contributed by atoms with Crippen molar-refractivity contribution in [3.8, 4) is 11.3 Å². The minimum atomic E-state index is -5.20. The molecule has 2 aromatic rings. The maximum Gasteiger partial charge on any atom is 0.450 e. The smallest absolute Gasteiger partial charge is 0.450 e. The van der Waals surface area contributed by atoms with E-state index >= 15 is 0 Å². The van der Waals surface area contributed by atoms with E-state index in [9.17, 15) is 27.2 Å². The maximum absolute atomic E-state index is 14.3. The van der Waals surface area contributed by atoms with Gasteiger partial charge in [0.05, 0.1) is 17.7 Å². The van der Waals surface area contributed by atoms with Crippen LogP contribution in [0.1, 0.15) is 22.0 Å². The molecular weight excluding hydrogens is 408 g/mol. The van der Waals surface area contributed by atoms with Crippen molar-refractivity contribution in [2.45, 2.75) is 12.1 Å². The first-order valence-corrected chi connectivity index (χ1v) is 8.14. The summed E-state index contributed by atoms with van der Waals surface area (Å²) in [7, 11) is 3.83. The summed E-state index contributed by atoms with van der Waals surface area (Å²) in [5, 5.41) is 3.38. The molecule has 2 rings (SSSR count). The molecule has 1 aromatic carbocycles. The van der Waals surface area contributed by atoms with E-state index in [1.165, 1.54) is 31.1 Å². The van der Waals surface area contributed by atoms with Gasteiger partial charge in [-0.3, -0.25) is 4.79 Å². The highest BCUT2D eigenvalue weighted by molar-refractivity contribution is 6.33. The van der Waals surface area contributed by atoms with Crippen molar-refractivity contribution in [2.24, 2.45) is 0 Å². The molecule has 1 aromatic heterocycles. The first kappa shape index (κ1) is 21.8. The number of ketones is 1. The number of halogens is 5. The molecule has 0 fully saturated rings. The Labute approximate surface area is 162 Å². The van der Waals surface area contributed by atoms with Gasteiger partial charge in [-0.1, -0.05) is 22.8 Å². The number of aromatic nitrogens is 1. The lowest BCUT2D eigenvalue weighted by Gasteiger charge is -2.19. The number of carbonyl (C=O) groups excluding carboxylic acids is 2. The van der Waals surface area contributed by atoms with Crippen molar-refractivity contribution in [1.29, 1.82) is 0 Å². The number of benzene rings is 1. The van der Waals surface area contributed by atoms with Crippen molar-refractivity contribution in [3.05, 3.63) is 40.4 Å². The summed E-state index contributed by atoms with van der Waals surface area (Å²) in [5.74, 6) is -6.78. The lowest BCUT2D eigenvalue weighted by Crippen LogP contribution is -2.35. The molecule has 1 heterocycles. The highest BCUT2D eigenvalue weighted by Crippen LogP contribution is 2.38. The molecule has 0 N–H and O–H groups in total. The topological polar surface area (TPSA) is 72.6 Å². The lowest BCUT2D eigenvalue weighted by atomic mass is 9.94. The molecule has 0 amide bonds. The predicted octanol–water partition coefficient (Wildman–Crippen LogP) is 3.70. The van der Waals surface area contributed by atoms with Gasteiger partial charge in [0.25, 0.3) is 0 Å². The third-order valence-corrected chi connectivity index (χ3v) is 4.08. The Hall–Kier alpha value is -2.46. The number of nitrogens with zero attached hydrogens (tertiary/aromatic N) is 2. The SMILES string of the molecule is COC(=O)c1c(-c2c(F)cccc2Cl)noc1C(CN(C)C)C(=O)C(F)(F)F. The molecule has 0 aliphatic rings. The molecular formula is C17H15ClF4N2O4. The van der Waals surface area contributed by atoms with Gasteiger partial charge in [-0.15, -0.1) is 0 Å². The predicted molar refractivity (Wildman–Crippen MR) is 90.6 cm³/mol. The fraction of sp³-hybridized carbons (Fsp3) is 0.353. The molecule has 0 radical (unpaired) electrons. The zero-order valence-corrected chi connectivity index (χ0v) is 15.7. The molecule has 1 atom stereocenters. The zero-order valence-electron chi connectivity index (χ0n) is 14.9. The Morgan fingerprint density at radius 1 is 1.32 bits per heavy atom. The van der Waals surface area contributed by atoms with Crippen LogP contribution in [0, 0.1) is 5.82 Å². The average molecular weight is 423 g/mol. The van der Waals surface area contributed by atoms with Crippen LogP contribution in [0.25, 0.3) is 11.3 Å². The summed E-state index contributed by atoms with van der Waals surface area (Å²) < 4.78 is 63.0. The van der Waals surface area contributed by atoms with Crippen LogP contribution in [0.4, 0.5) is 17.6 Å². The third kappa shape index (κ3) is 4.33. The van der Waals surface area contributed by atoms with Crippen molar-refractivity contribution < 1.29 is 36.4 Å². The number of ether oxygens (including phenoxy) is 1. The Morgan fingerprint density at radius 2 is 1.96 bits per heavy atom. The van der Waals surface area contributed by atoms with E-state index in [2.05, 4.69) is 9.89 Å². The molecule has 0 spiro atoms. The highest BCUT2D eigenvalue weighted by atomic mass is 35.5. The summed E-state index contributed by atoms with van der Waals surface area (Å²) in [4.78, 5) is 25.5. The van der Waals surface area contributed by atoms with Crippen LogP contribution < -0.4 is 0 Å². The second-order valence-corrected chi connectivity index (χ2v) is 6.44. The van der Waals surface area contributed by atoms with E-state index in [1.54, 1.807) is 0 Å². The summed E-state index contributed by atoms with van der Waals surface area (Å²) in [6.45, 7) is -0.442. The molecule has 11 heteroatoms. The van der Waals surface area contributed by atoms with E-state index < -0.39 is 53.2 Å². The number of methoxy groups -OCH3 is 1. The molecule has 1 unspecified atom stereocenters. The Morgan fingerprint density at radius 3 is 2.46 bits per heavy atom. The first-order valence-electron chi connectivity index (χ1n) is 7.77. The van der Waals surface area contributed by atoms with Crippen LogP contribution in [-0.4, -0.2) is 55.7 Å². The minimum absolute atomic E-state index is 0.156. The average Bonchev–Trinajstić information content (AvgIpc) is 3.01. The normalized spacial score (nSPS) is 12.9. The van der Waals surface area contributed by atoms with Gasteiger partial charge < -0.3 is 14.2 Å². The zero-order chi connectivity index (χ0) is 21.2. The summed E-state index contributed by atoms with van der Waals surface area (Å²) in [5.41, 5.74) is -1.41. The Balaban J connectivity index is 2.75. The second-order valence-electron chi connectivity index (χ2n) is 6.04. The van der Waals surface area contributed by atoms with Gasteiger partial charge in [0.1, 0.15) is 23.0 Å². The second kappa shape index (κ2) is 8.27. The molecule has 152 valence electrons. The van der Waals surface area contributed by atoms with Gasteiger partial charge in [0.2, 0.25) is 5.78 Å². The number of hydrogen-bond acceptors (Lipinski definition) is 6. The van der Waals surface area contributed by atoms with E-state index in [1.807, 2.05) is 0 Å². The quantitative estimate of drug-likeness (QED) is 0.522. The number of esters is 1. The van der Waals surface area contributed by atoms with Crippen molar-refractivity contribution in [2.75, 3.05) is 27.7 Å². The van der Waals surface area contributed by atoms with Crippen molar-refractivity contribution >= 4 is 23.4 Å². The van der Waals surface area contributed by atoms with Gasteiger partial charge in [-0.05, 0) is 26.2 Å². The van der Waals surface area contributed by atoms with Crippen LogP contribution in [0.3, 0.4) is 0 Å². The molecule has 28 heavy (non-hydrogen) atoms. The van der Waals surface area contributed by atoms with Crippen LogP contribution in [-0.2, 0) is 9.53 Å². The molecule has 0 saturated carbocycles. The van der Waals surface area contributed by atoms with E-state index in [0.717, 1.165) is 13.2 Å². The fourth-order valence-electron chi connectivity index (χ4n) is 2.58. The Bertz CT molecular complexity index is 876. The fourth-order valence-corrected chi connectivity index (χ4v) is 2.83. The first-order chi connectivity index (χ1) is 13.0. The van der Waals surface area contributed by atoms with Crippen LogP contribution in [0.2, 0.25) is 5.02 Å². The van der Waals surface area contributed by atoms with Gasteiger partial charge >= 0.3 is 12.1 Å². The molecule has 0 aliphatic carbocycles. The van der Waals surface area contributed by atoms with Crippen LogP contribution >= 0.6 is 11.6 Å². The number of carbonyl (C=O) groups is 2. The van der Waals surface area contributed by atoms with Gasteiger partial charge in [-0.25, -0.2) is 9.18 Å². The van der Waals surface area contributed by atoms with Gasteiger partial charge in [0.15, 0.2) is 5.76 Å². The number of hydrogen-bond donors (Lipinski definition) is 0. The maximum atomic E-state index is 14.3. The minimum Gasteiger partial charge on any atom is -0.465 e. The Kier molecular flexibility index (Phi) is 6.45. The summed E-state index contributed by atoms with van der Waals surface area (Å²) in [6, 6.07) is 3.62. The van der Waals surface area contributed by atoms with Crippen molar-refractivity contribution in [3.63, 3.8) is 0 Å². The molecule has 0 saturated heterocycles. The van der Waals surface area contributed by atoms with Gasteiger partial charge in [0, 0.05) is 6.54 Å². The molecule has 0 aliphatic heterocycles. The van der Waals surface area contributed by atoms with E-state index in [0.29, 0.717) is 0 Å². The molecule has 0 bridgehead atoms. The summed E-state index contributed by atoms with van der Waals surface area (Å²) in [6.07, 6.45) is -5.20. The van der Waals surface area contributed by atoms with E-state index in [-0.39, 0.29) is 10.6 Å².